The number of benzene rings is 2. The van der Waals surface area contributed by atoms with E-state index < -0.39 is 12.0 Å². The number of hydrogen-bond donors (Lipinski definition) is 2. The normalized spacial score (nSPS) is 15.9. The smallest absolute Gasteiger partial charge is 0.325 e. The standard InChI is InChI=1S/C27H28N4O3/c32-27(33)26(31-13-11-30(12-14-31)18-21-7-4-10-28-16-21)24-17-29-25-15-22(8-9-23(24)25)34-19-20-5-2-1-3-6-20/h1-10,15-17,26,29H,11-14,18-19H2,(H,32,33)/t26-/m0/s1. The van der Waals surface area contributed by atoms with Crippen molar-refractivity contribution in [2.24, 2.45) is 0 Å². The highest BCUT2D eigenvalue weighted by Gasteiger charge is 2.32. The number of H-pyrrole nitrogens is 1. The van der Waals surface area contributed by atoms with Gasteiger partial charge in [0.2, 0.25) is 0 Å². The SMILES string of the molecule is O=C(O)[C@H](c1c[nH]c2cc(OCc3ccccc3)ccc12)N1CCN(Cc2cccnc2)CC1. The minimum atomic E-state index is -0.828. The Hall–Kier alpha value is -3.68. The number of aromatic amines is 1. The number of ether oxygens (including phenoxy) is 1. The molecule has 2 N–H and O–H groups in total. The van der Waals surface area contributed by atoms with E-state index in [0.29, 0.717) is 19.7 Å². The molecule has 1 atom stereocenters. The van der Waals surface area contributed by atoms with E-state index in [1.165, 1.54) is 5.56 Å². The summed E-state index contributed by atoms with van der Waals surface area (Å²) >= 11 is 0. The minimum absolute atomic E-state index is 0.487. The summed E-state index contributed by atoms with van der Waals surface area (Å²) in [5, 5.41) is 11.0. The topological polar surface area (TPSA) is 81.7 Å². The van der Waals surface area contributed by atoms with Crippen LogP contribution in [-0.4, -0.2) is 57.0 Å². The Morgan fingerprint density at radius 3 is 2.56 bits per heavy atom. The number of carboxylic acids is 1. The van der Waals surface area contributed by atoms with Crippen LogP contribution in [-0.2, 0) is 17.9 Å². The third-order valence-electron chi connectivity index (χ3n) is 6.36. The first-order valence-electron chi connectivity index (χ1n) is 11.5. The fourth-order valence-corrected chi connectivity index (χ4v) is 4.60. The molecule has 4 aromatic rings. The molecule has 0 saturated carbocycles. The van der Waals surface area contributed by atoms with Crippen molar-refractivity contribution in [1.29, 1.82) is 0 Å². The Kier molecular flexibility index (Phi) is 6.56. The molecule has 174 valence electrons. The van der Waals surface area contributed by atoms with E-state index in [1.54, 1.807) is 6.20 Å². The van der Waals surface area contributed by atoms with E-state index in [1.807, 2.05) is 67.0 Å². The van der Waals surface area contributed by atoms with Crippen molar-refractivity contribution in [3.8, 4) is 5.75 Å². The van der Waals surface area contributed by atoms with Crippen molar-refractivity contribution < 1.29 is 14.6 Å². The van der Waals surface area contributed by atoms with Gasteiger partial charge in [-0.05, 0) is 29.3 Å². The molecule has 7 heteroatoms. The number of piperazine rings is 1. The molecule has 0 bridgehead atoms. The second kappa shape index (κ2) is 10.1. The minimum Gasteiger partial charge on any atom is -0.489 e. The van der Waals surface area contributed by atoms with Crippen LogP contribution in [0.3, 0.4) is 0 Å². The van der Waals surface area contributed by atoms with E-state index in [-0.39, 0.29) is 0 Å². The molecule has 1 aliphatic heterocycles. The molecule has 2 aromatic carbocycles. The second-order valence-corrected chi connectivity index (χ2v) is 8.64. The van der Waals surface area contributed by atoms with Crippen LogP contribution in [0.4, 0.5) is 0 Å². The highest BCUT2D eigenvalue weighted by molar-refractivity contribution is 5.90. The lowest BCUT2D eigenvalue weighted by atomic mass is 10.0. The van der Waals surface area contributed by atoms with Gasteiger partial charge >= 0.3 is 5.97 Å². The van der Waals surface area contributed by atoms with Crippen LogP contribution in [0.1, 0.15) is 22.7 Å². The molecule has 0 amide bonds. The Labute approximate surface area is 198 Å². The van der Waals surface area contributed by atoms with Crippen LogP contribution in [0.25, 0.3) is 10.9 Å². The van der Waals surface area contributed by atoms with Crippen LogP contribution in [0.5, 0.6) is 5.75 Å². The monoisotopic (exact) mass is 456 g/mol. The van der Waals surface area contributed by atoms with Gasteiger partial charge in [0.05, 0.1) is 0 Å². The highest BCUT2D eigenvalue weighted by atomic mass is 16.5. The van der Waals surface area contributed by atoms with Gasteiger partial charge in [0.25, 0.3) is 0 Å². The van der Waals surface area contributed by atoms with E-state index in [2.05, 4.69) is 25.8 Å². The fourth-order valence-electron chi connectivity index (χ4n) is 4.60. The summed E-state index contributed by atoms with van der Waals surface area (Å²) in [7, 11) is 0. The molecule has 1 saturated heterocycles. The number of fused-ring (bicyclic) bond motifs is 1. The predicted octanol–water partition coefficient (Wildman–Crippen LogP) is 4.09. The average molecular weight is 457 g/mol. The van der Waals surface area contributed by atoms with Gasteiger partial charge in [-0.3, -0.25) is 19.6 Å². The summed E-state index contributed by atoms with van der Waals surface area (Å²) in [5.74, 6) is -0.0772. The number of hydrogen-bond acceptors (Lipinski definition) is 5. The molecule has 7 nitrogen and oxygen atoms in total. The average Bonchev–Trinajstić information content (AvgIpc) is 3.28. The van der Waals surface area contributed by atoms with Crippen molar-refractivity contribution in [3.05, 3.63) is 95.9 Å². The Balaban J connectivity index is 1.27. The summed E-state index contributed by atoms with van der Waals surface area (Å²) in [5.41, 5.74) is 3.94. The maximum atomic E-state index is 12.3. The number of pyridine rings is 1. The van der Waals surface area contributed by atoms with Gasteiger partial charge in [-0.25, -0.2) is 0 Å². The molecule has 0 radical (unpaired) electrons. The number of aromatic nitrogens is 2. The first kappa shape index (κ1) is 22.1. The molecular weight excluding hydrogens is 428 g/mol. The third-order valence-corrected chi connectivity index (χ3v) is 6.36. The van der Waals surface area contributed by atoms with Crippen molar-refractivity contribution in [3.63, 3.8) is 0 Å². The first-order valence-corrected chi connectivity index (χ1v) is 11.5. The van der Waals surface area contributed by atoms with Crippen molar-refractivity contribution in [1.82, 2.24) is 19.8 Å². The van der Waals surface area contributed by atoms with E-state index in [4.69, 9.17) is 4.74 Å². The quantitative estimate of drug-likeness (QED) is 0.416. The van der Waals surface area contributed by atoms with Crippen LogP contribution >= 0.6 is 0 Å². The zero-order chi connectivity index (χ0) is 23.3. The van der Waals surface area contributed by atoms with Crippen molar-refractivity contribution >= 4 is 16.9 Å². The van der Waals surface area contributed by atoms with Gasteiger partial charge in [0, 0.05) is 73.8 Å². The van der Waals surface area contributed by atoms with E-state index in [0.717, 1.165) is 47.4 Å². The lowest BCUT2D eigenvalue weighted by molar-refractivity contribution is -0.144. The van der Waals surface area contributed by atoms with E-state index >= 15 is 0 Å². The fraction of sp³-hybridized carbons (Fsp3) is 0.259. The van der Waals surface area contributed by atoms with Crippen LogP contribution in [0, 0.1) is 0 Å². The molecule has 1 fully saturated rings. The summed E-state index contributed by atoms with van der Waals surface area (Å²) in [6.07, 6.45) is 5.49. The maximum absolute atomic E-state index is 12.3. The van der Waals surface area contributed by atoms with Crippen LogP contribution in [0.2, 0.25) is 0 Å². The van der Waals surface area contributed by atoms with E-state index in [9.17, 15) is 9.90 Å². The number of rotatable bonds is 8. The molecule has 3 heterocycles. The van der Waals surface area contributed by atoms with Gasteiger partial charge in [-0.2, -0.15) is 0 Å². The van der Waals surface area contributed by atoms with Gasteiger partial charge in [-0.1, -0.05) is 36.4 Å². The number of carbonyl (C=O) groups is 1. The number of nitrogens with one attached hydrogen (secondary N) is 1. The number of aliphatic carboxylic acids is 1. The molecular formula is C27H28N4O3. The molecule has 0 aliphatic carbocycles. The van der Waals surface area contributed by atoms with Gasteiger partial charge in [-0.15, -0.1) is 0 Å². The Bertz CT molecular complexity index is 1230. The molecule has 34 heavy (non-hydrogen) atoms. The molecule has 1 aliphatic rings. The molecule has 0 spiro atoms. The lowest BCUT2D eigenvalue weighted by Gasteiger charge is -2.37. The lowest BCUT2D eigenvalue weighted by Crippen LogP contribution is -2.48. The summed E-state index contributed by atoms with van der Waals surface area (Å²) in [6, 6.07) is 19.1. The van der Waals surface area contributed by atoms with Crippen molar-refractivity contribution in [2.45, 2.75) is 19.2 Å². The summed E-state index contributed by atoms with van der Waals surface area (Å²) < 4.78 is 5.94. The van der Waals surface area contributed by atoms with Gasteiger partial charge in [0.15, 0.2) is 0 Å². The summed E-state index contributed by atoms with van der Waals surface area (Å²) in [6.45, 7) is 4.35. The Morgan fingerprint density at radius 1 is 1.03 bits per heavy atom. The summed E-state index contributed by atoms with van der Waals surface area (Å²) in [4.78, 5) is 24.2. The first-order chi connectivity index (χ1) is 16.7. The largest absolute Gasteiger partial charge is 0.489 e. The Morgan fingerprint density at radius 2 is 1.82 bits per heavy atom. The zero-order valence-electron chi connectivity index (χ0n) is 18.9. The maximum Gasteiger partial charge on any atom is 0.325 e. The third kappa shape index (κ3) is 4.95. The number of carboxylic acid groups (broad SMARTS) is 1. The van der Waals surface area contributed by atoms with Crippen molar-refractivity contribution in [2.75, 3.05) is 26.2 Å². The molecule has 2 aromatic heterocycles. The highest BCUT2D eigenvalue weighted by Crippen LogP contribution is 2.31. The predicted molar refractivity (Wildman–Crippen MR) is 131 cm³/mol. The van der Waals surface area contributed by atoms with Gasteiger partial charge in [0.1, 0.15) is 18.4 Å². The molecule has 0 unspecified atom stereocenters. The zero-order valence-corrected chi connectivity index (χ0v) is 18.9. The molecule has 5 rings (SSSR count). The second-order valence-electron chi connectivity index (χ2n) is 8.64. The number of nitrogens with zero attached hydrogens (tertiary/aromatic N) is 3. The van der Waals surface area contributed by atoms with Crippen LogP contribution < -0.4 is 4.74 Å². The van der Waals surface area contributed by atoms with Crippen LogP contribution in [0.15, 0.2) is 79.3 Å². The van der Waals surface area contributed by atoms with Gasteiger partial charge < -0.3 is 14.8 Å².